The number of alkyl halides is 3. The maximum absolute atomic E-state index is 12.4. The van der Waals surface area contributed by atoms with Crippen molar-refractivity contribution in [3.8, 4) is 0 Å². The van der Waals surface area contributed by atoms with Crippen molar-refractivity contribution < 1.29 is 23.1 Å². The highest BCUT2D eigenvalue weighted by molar-refractivity contribution is 5.89. The maximum Gasteiger partial charge on any atom is 0.414 e. The molecule has 2 amide bonds. The first-order chi connectivity index (χ1) is 9.88. The molecule has 1 aromatic rings. The molecule has 1 fully saturated rings. The average Bonchev–Trinajstić information content (AvgIpc) is 2.46. The summed E-state index contributed by atoms with van der Waals surface area (Å²) >= 11 is 0. The van der Waals surface area contributed by atoms with Crippen molar-refractivity contribution in [3.63, 3.8) is 0 Å². The number of piperidine rings is 1. The summed E-state index contributed by atoms with van der Waals surface area (Å²) in [6, 6.07) is 2.97. The fraction of sp³-hybridized carbons (Fsp3) is 0.538. The van der Waals surface area contributed by atoms with Gasteiger partial charge in [-0.15, -0.1) is 0 Å². The van der Waals surface area contributed by atoms with Crippen LogP contribution in [-0.4, -0.2) is 46.4 Å². The van der Waals surface area contributed by atoms with Gasteiger partial charge in [-0.1, -0.05) is 0 Å². The fourth-order valence-corrected chi connectivity index (χ4v) is 2.32. The Morgan fingerprint density at radius 1 is 1.43 bits per heavy atom. The van der Waals surface area contributed by atoms with Crippen LogP contribution in [0.3, 0.4) is 0 Å². The number of nitrogens with one attached hydrogen (secondary N) is 1. The Morgan fingerprint density at radius 3 is 2.62 bits per heavy atom. The zero-order valence-corrected chi connectivity index (χ0v) is 11.2. The molecule has 0 aromatic carbocycles. The van der Waals surface area contributed by atoms with E-state index in [9.17, 15) is 23.1 Å². The zero-order chi connectivity index (χ0) is 15.5. The highest BCUT2D eigenvalue weighted by Crippen LogP contribution is 2.31. The van der Waals surface area contributed by atoms with Gasteiger partial charge in [0.05, 0.1) is 11.9 Å². The van der Waals surface area contributed by atoms with E-state index in [1.165, 1.54) is 11.1 Å². The predicted molar refractivity (Wildman–Crippen MR) is 69.6 cm³/mol. The number of amides is 2. The first-order valence-electron chi connectivity index (χ1n) is 6.58. The van der Waals surface area contributed by atoms with Crippen molar-refractivity contribution in [2.75, 3.05) is 18.4 Å². The van der Waals surface area contributed by atoms with Gasteiger partial charge in [0.1, 0.15) is 0 Å². The Morgan fingerprint density at radius 2 is 2.10 bits per heavy atom. The number of carbonyl (C=O) groups excluding carboxylic acids is 1. The summed E-state index contributed by atoms with van der Waals surface area (Å²) in [7, 11) is 0. The first kappa shape index (κ1) is 15.6. The molecule has 2 heterocycles. The quantitative estimate of drug-likeness (QED) is 0.880. The minimum Gasteiger partial charge on any atom is -0.383 e. The number of carbonyl (C=O) groups is 1. The average molecular weight is 303 g/mol. The molecule has 21 heavy (non-hydrogen) atoms. The molecule has 0 unspecified atom stereocenters. The van der Waals surface area contributed by atoms with Crippen molar-refractivity contribution in [2.24, 2.45) is 5.92 Å². The van der Waals surface area contributed by atoms with E-state index in [1.807, 2.05) is 0 Å². The molecule has 1 aliphatic heterocycles. The number of hydrogen-bond donors (Lipinski definition) is 2. The molecule has 0 bridgehead atoms. The third-order valence-corrected chi connectivity index (χ3v) is 3.52. The normalized spacial score (nSPS) is 18.4. The predicted octanol–water partition coefficient (Wildman–Crippen LogP) is 2.25. The molecular formula is C13H16F3N3O2. The van der Waals surface area contributed by atoms with E-state index >= 15 is 0 Å². The minimum atomic E-state index is -4.61. The summed E-state index contributed by atoms with van der Waals surface area (Å²) in [4.78, 5) is 17.2. The van der Waals surface area contributed by atoms with E-state index in [0.717, 1.165) is 0 Å². The summed E-state index contributed by atoms with van der Waals surface area (Å²) in [5.41, 5.74) is 0.528. The van der Waals surface area contributed by atoms with Crippen LogP contribution in [0.5, 0.6) is 0 Å². The van der Waals surface area contributed by atoms with Crippen molar-refractivity contribution in [1.29, 1.82) is 0 Å². The van der Waals surface area contributed by atoms with E-state index in [0.29, 0.717) is 5.69 Å². The Hall–Kier alpha value is -1.83. The second kappa shape index (κ2) is 6.30. The summed E-state index contributed by atoms with van der Waals surface area (Å²) in [6.07, 6.45) is -3.62. The van der Waals surface area contributed by atoms with Crippen LogP contribution in [0.1, 0.15) is 12.8 Å². The number of aliphatic hydroxyl groups is 1. The molecule has 2 rings (SSSR count). The van der Waals surface area contributed by atoms with Gasteiger partial charge in [-0.3, -0.25) is 4.98 Å². The van der Waals surface area contributed by atoms with Crippen LogP contribution in [-0.2, 0) is 0 Å². The van der Waals surface area contributed by atoms with Gasteiger partial charge in [-0.25, -0.2) is 4.79 Å². The number of nitrogens with zero attached hydrogens (tertiary/aromatic N) is 2. The molecular weight excluding hydrogens is 287 g/mol. The van der Waals surface area contributed by atoms with Crippen molar-refractivity contribution in [1.82, 2.24) is 9.88 Å². The van der Waals surface area contributed by atoms with Crippen LogP contribution in [0.4, 0.5) is 23.7 Å². The van der Waals surface area contributed by atoms with Gasteiger partial charge in [-0.2, -0.15) is 13.2 Å². The molecule has 116 valence electrons. The highest BCUT2D eigenvalue weighted by atomic mass is 19.4. The second-order valence-corrected chi connectivity index (χ2v) is 4.98. The monoisotopic (exact) mass is 303 g/mol. The smallest absolute Gasteiger partial charge is 0.383 e. The van der Waals surface area contributed by atoms with E-state index in [1.54, 1.807) is 18.3 Å². The molecule has 0 saturated carbocycles. The minimum absolute atomic E-state index is 0.126. The summed E-state index contributed by atoms with van der Waals surface area (Å²) in [6.45, 7) is 0.369. The SMILES string of the molecule is O=C(Nc1cccnc1)N1CCC([C@H](O)C(F)(F)F)CC1. The molecule has 8 heteroatoms. The van der Waals surface area contributed by atoms with Gasteiger partial charge in [0, 0.05) is 19.3 Å². The second-order valence-electron chi connectivity index (χ2n) is 4.98. The lowest BCUT2D eigenvalue weighted by Crippen LogP contribution is -2.46. The number of pyridine rings is 1. The number of urea groups is 1. The number of aliphatic hydroxyl groups excluding tert-OH is 1. The molecule has 0 spiro atoms. The van der Waals surface area contributed by atoms with Crippen molar-refractivity contribution >= 4 is 11.7 Å². The lowest BCUT2D eigenvalue weighted by atomic mass is 9.91. The maximum atomic E-state index is 12.4. The lowest BCUT2D eigenvalue weighted by molar-refractivity contribution is -0.222. The Kier molecular flexibility index (Phi) is 4.66. The highest BCUT2D eigenvalue weighted by Gasteiger charge is 2.44. The topological polar surface area (TPSA) is 65.5 Å². The summed E-state index contributed by atoms with van der Waals surface area (Å²) in [5.74, 6) is -0.854. The van der Waals surface area contributed by atoms with Gasteiger partial charge in [0.15, 0.2) is 6.10 Å². The van der Waals surface area contributed by atoms with E-state index in [4.69, 9.17) is 0 Å². The molecule has 0 radical (unpaired) electrons. The van der Waals surface area contributed by atoms with Gasteiger partial charge in [-0.05, 0) is 30.9 Å². The largest absolute Gasteiger partial charge is 0.414 e. The third kappa shape index (κ3) is 4.07. The van der Waals surface area contributed by atoms with Crippen LogP contribution >= 0.6 is 0 Å². The third-order valence-electron chi connectivity index (χ3n) is 3.52. The van der Waals surface area contributed by atoms with Gasteiger partial charge in [0.2, 0.25) is 0 Å². The van der Waals surface area contributed by atoms with E-state index in [2.05, 4.69) is 10.3 Å². The first-order valence-corrected chi connectivity index (χ1v) is 6.58. The molecule has 5 nitrogen and oxygen atoms in total. The van der Waals surface area contributed by atoms with Crippen LogP contribution < -0.4 is 5.32 Å². The Labute approximate surface area is 119 Å². The van der Waals surface area contributed by atoms with Crippen LogP contribution in [0.2, 0.25) is 0 Å². The van der Waals surface area contributed by atoms with Crippen LogP contribution in [0, 0.1) is 5.92 Å². The molecule has 1 aromatic heterocycles. The van der Waals surface area contributed by atoms with Gasteiger partial charge in [0.25, 0.3) is 0 Å². The summed E-state index contributed by atoms with van der Waals surface area (Å²) < 4.78 is 37.3. The van der Waals surface area contributed by atoms with Crippen LogP contribution in [0.15, 0.2) is 24.5 Å². The molecule has 1 saturated heterocycles. The Bertz CT molecular complexity index is 473. The van der Waals surface area contributed by atoms with E-state index in [-0.39, 0.29) is 32.0 Å². The number of likely N-dealkylation sites (tertiary alicyclic amines) is 1. The number of hydrogen-bond acceptors (Lipinski definition) is 3. The van der Waals surface area contributed by atoms with Gasteiger partial charge >= 0.3 is 12.2 Å². The zero-order valence-electron chi connectivity index (χ0n) is 11.2. The van der Waals surface area contributed by atoms with E-state index < -0.39 is 18.2 Å². The number of halogens is 3. The molecule has 0 aliphatic carbocycles. The fourth-order valence-electron chi connectivity index (χ4n) is 2.32. The molecule has 2 N–H and O–H groups in total. The Balaban J connectivity index is 1.85. The van der Waals surface area contributed by atoms with Crippen LogP contribution in [0.25, 0.3) is 0 Å². The number of rotatable bonds is 2. The van der Waals surface area contributed by atoms with Crippen molar-refractivity contribution in [2.45, 2.75) is 25.1 Å². The number of anilines is 1. The molecule has 1 atom stereocenters. The van der Waals surface area contributed by atoms with Crippen molar-refractivity contribution in [3.05, 3.63) is 24.5 Å². The summed E-state index contributed by atoms with van der Waals surface area (Å²) in [5, 5.41) is 11.8. The number of aromatic nitrogens is 1. The lowest BCUT2D eigenvalue weighted by Gasteiger charge is -2.34. The van der Waals surface area contributed by atoms with Gasteiger partial charge < -0.3 is 15.3 Å². The standard InChI is InChI=1S/C13H16F3N3O2/c14-13(15,16)11(20)9-3-6-19(7-4-9)12(21)18-10-2-1-5-17-8-10/h1-2,5,8-9,11,20H,3-4,6-7H2,(H,18,21)/t11-/m0/s1. The molecule has 1 aliphatic rings.